The summed E-state index contributed by atoms with van der Waals surface area (Å²) in [6.45, 7) is 3.23. The van der Waals surface area contributed by atoms with E-state index in [1.807, 2.05) is 36.0 Å². The molecule has 4 heteroatoms. The summed E-state index contributed by atoms with van der Waals surface area (Å²) < 4.78 is 26.8. The van der Waals surface area contributed by atoms with E-state index >= 15 is 0 Å². The number of benzene rings is 3. The van der Waals surface area contributed by atoms with Gasteiger partial charge in [-0.2, -0.15) is 0 Å². The van der Waals surface area contributed by atoms with Gasteiger partial charge in [-0.25, -0.2) is 8.78 Å². The largest absolute Gasteiger partial charge is 0.303 e. The van der Waals surface area contributed by atoms with Crippen molar-refractivity contribution in [2.75, 3.05) is 19.3 Å². The molecule has 0 amide bonds. The van der Waals surface area contributed by atoms with Crippen LogP contribution in [-0.4, -0.2) is 30.3 Å². The Labute approximate surface area is 183 Å². The molecule has 3 aromatic rings. The first-order valence-corrected chi connectivity index (χ1v) is 11.4. The second kappa shape index (κ2) is 11.3. The number of nitrogens with zero attached hydrogens (tertiary/aromatic N) is 1. The molecule has 0 aromatic heterocycles. The molecule has 1 unspecified atom stereocenters. The number of rotatable bonds is 10. The number of thioether (sulfide) groups is 1. The Balaban J connectivity index is 1.57. The molecule has 0 spiro atoms. The number of halogens is 2. The molecule has 0 aliphatic heterocycles. The molecular weight excluding hydrogens is 396 g/mol. The number of hydrogen-bond acceptors (Lipinski definition) is 2. The van der Waals surface area contributed by atoms with Gasteiger partial charge in [-0.3, -0.25) is 0 Å². The maximum atomic E-state index is 13.4. The fourth-order valence-electron chi connectivity index (χ4n) is 3.44. The molecule has 3 aromatic carbocycles. The van der Waals surface area contributed by atoms with Crippen molar-refractivity contribution in [2.45, 2.75) is 31.1 Å². The summed E-state index contributed by atoms with van der Waals surface area (Å²) in [6, 6.07) is 24.3. The van der Waals surface area contributed by atoms with Crippen LogP contribution in [0.1, 0.15) is 35.3 Å². The van der Waals surface area contributed by atoms with Gasteiger partial charge in [0.25, 0.3) is 0 Å². The van der Waals surface area contributed by atoms with Gasteiger partial charge >= 0.3 is 0 Å². The van der Waals surface area contributed by atoms with E-state index < -0.39 is 0 Å². The van der Waals surface area contributed by atoms with Crippen LogP contribution in [0, 0.1) is 11.6 Å². The van der Waals surface area contributed by atoms with Crippen molar-refractivity contribution in [1.29, 1.82) is 0 Å². The van der Waals surface area contributed by atoms with Gasteiger partial charge in [0, 0.05) is 18.3 Å². The highest BCUT2D eigenvalue weighted by Gasteiger charge is 2.16. The van der Waals surface area contributed by atoms with E-state index in [0.717, 1.165) is 36.3 Å². The van der Waals surface area contributed by atoms with Gasteiger partial charge in [-0.05, 0) is 67.8 Å². The number of aryl methyl sites for hydroxylation is 1. The topological polar surface area (TPSA) is 3.24 Å². The van der Waals surface area contributed by atoms with E-state index in [1.54, 1.807) is 0 Å². The van der Waals surface area contributed by atoms with Crippen LogP contribution in [0.2, 0.25) is 0 Å². The molecular formula is C26H29F2NS. The van der Waals surface area contributed by atoms with Crippen molar-refractivity contribution in [3.05, 3.63) is 107 Å². The first kappa shape index (κ1) is 22.5. The molecule has 0 saturated heterocycles. The monoisotopic (exact) mass is 425 g/mol. The summed E-state index contributed by atoms with van der Waals surface area (Å²) in [5.74, 6) is 0.452. The molecule has 158 valence electrons. The maximum absolute atomic E-state index is 13.4. The summed E-state index contributed by atoms with van der Waals surface area (Å²) >= 11 is 1.81. The van der Waals surface area contributed by atoms with Crippen molar-refractivity contribution in [1.82, 2.24) is 4.90 Å². The summed E-state index contributed by atoms with van der Waals surface area (Å²) in [7, 11) is 2.17. The van der Waals surface area contributed by atoms with Crippen molar-refractivity contribution in [3.63, 3.8) is 0 Å². The fraction of sp³-hybridized carbons (Fsp3) is 0.308. The molecule has 0 aliphatic rings. The minimum atomic E-state index is -0.242. The van der Waals surface area contributed by atoms with Crippen molar-refractivity contribution < 1.29 is 8.78 Å². The second-order valence-corrected chi connectivity index (χ2v) is 8.92. The molecule has 0 fully saturated rings. The minimum absolute atomic E-state index is 0.0548. The summed E-state index contributed by atoms with van der Waals surface area (Å²) in [5.41, 5.74) is 3.44. The Morgan fingerprint density at radius 1 is 0.800 bits per heavy atom. The predicted molar refractivity (Wildman–Crippen MR) is 124 cm³/mol. The third-order valence-electron chi connectivity index (χ3n) is 5.52. The lowest BCUT2D eigenvalue weighted by Crippen LogP contribution is -2.31. The Morgan fingerprint density at radius 2 is 1.33 bits per heavy atom. The highest BCUT2D eigenvalue weighted by atomic mass is 32.2. The summed E-state index contributed by atoms with van der Waals surface area (Å²) in [5, 5.41) is 0.0548. The SMILES string of the molecule is CC(CCc1ccccc1)N(C)CCSC(c1ccc(F)cc1)c1ccc(F)cc1. The molecule has 0 bridgehead atoms. The van der Waals surface area contributed by atoms with Crippen LogP contribution in [0.5, 0.6) is 0 Å². The van der Waals surface area contributed by atoms with E-state index in [-0.39, 0.29) is 16.9 Å². The van der Waals surface area contributed by atoms with Crippen LogP contribution >= 0.6 is 11.8 Å². The molecule has 0 heterocycles. The molecule has 0 N–H and O–H groups in total. The standard InChI is InChI=1S/C26H29F2NS/c1-20(8-9-21-6-4-3-5-7-21)29(2)18-19-30-26(22-10-14-24(27)15-11-22)23-12-16-25(28)17-13-23/h3-7,10-17,20,26H,8-9,18-19H2,1-2H3. The third-order valence-corrected chi connectivity index (χ3v) is 6.82. The molecule has 0 aliphatic carbocycles. The zero-order valence-corrected chi connectivity index (χ0v) is 18.4. The van der Waals surface area contributed by atoms with E-state index in [4.69, 9.17) is 0 Å². The van der Waals surface area contributed by atoms with Gasteiger partial charge in [-0.15, -0.1) is 11.8 Å². The van der Waals surface area contributed by atoms with Gasteiger partial charge in [0.05, 0.1) is 5.25 Å². The maximum Gasteiger partial charge on any atom is 0.123 e. The lowest BCUT2D eigenvalue weighted by Gasteiger charge is -2.26. The molecule has 1 nitrogen and oxygen atoms in total. The van der Waals surface area contributed by atoms with E-state index in [9.17, 15) is 8.78 Å². The zero-order valence-electron chi connectivity index (χ0n) is 17.6. The van der Waals surface area contributed by atoms with E-state index in [2.05, 4.69) is 49.2 Å². The normalized spacial score (nSPS) is 12.5. The number of hydrogen-bond donors (Lipinski definition) is 0. The highest BCUT2D eigenvalue weighted by Crippen LogP contribution is 2.35. The lowest BCUT2D eigenvalue weighted by atomic mass is 10.0. The molecule has 30 heavy (non-hydrogen) atoms. The molecule has 3 rings (SSSR count). The fourth-order valence-corrected chi connectivity index (χ4v) is 4.76. The van der Waals surface area contributed by atoms with Gasteiger partial charge in [0.15, 0.2) is 0 Å². The average molecular weight is 426 g/mol. The van der Waals surface area contributed by atoms with Gasteiger partial charge in [0.1, 0.15) is 11.6 Å². The van der Waals surface area contributed by atoms with Gasteiger partial charge < -0.3 is 4.90 Å². The first-order valence-electron chi connectivity index (χ1n) is 10.4. The predicted octanol–water partition coefficient (Wildman–Crippen LogP) is 6.74. The van der Waals surface area contributed by atoms with Crippen LogP contribution in [-0.2, 0) is 6.42 Å². The van der Waals surface area contributed by atoms with Crippen molar-refractivity contribution in [3.8, 4) is 0 Å². The van der Waals surface area contributed by atoms with E-state index in [1.165, 1.54) is 29.8 Å². The van der Waals surface area contributed by atoms with Gasteiger partial charge in [0.2, 0.25) is 0 Å². The molecule has 0 saturated carbocycles. The van der Waals surface area contributed by atoms with Crippen molar-refractivity contribution >= 4 is 11.8 Å². The Morgan fingerprint density at radius 3 is 1.87 bits per heavy atom. The highest BCUT2D eigenvalue weighted by molar-refractivity contribution is 7.99. The average Bonchev–Trinajstić information content (AvgIpc) is 2.77. The Kier molecular flexibility index (Phi) is 8.47. The summed E-state index contributed by atoms with van der Waals surface area (Å²) in [6.07, 6.45) is 2.19. The van der Waals surface area contributed by atoms with Crippen LogP contribution < -0.4 is 0 Å². The van der Waals surface area contributed by atoms with Crippen molar-refractivity contribution in [2.24, 2.45) is 0 Å². The van der Waals surface area contributed by atoms with Crippen LogP contribution in [0.25, 0.3) is 0 Å². The minimum Gasteiger partial charge on any atom is -0.303 e. The van der Waals surface area contributed by atoms with Crippen LogP contribution in [0.15, 0.2) is 78.9 Å². The third kappa shape index (κ3) is 6.68. The zero-order chi connectivity index (χ0) is 21.3. The molecule has 1 atom stereocenters. The first-order chi connectivity index (χ1) is 14.5. The van der Waals surface area contributed by atoms with Gasteiger partial charge in [-0.1, -0.05) is 54.6 Å². The smallest absolute Gasteiger partial charge is 0.123 e. The Bertz CT molecular complexity index is 836. The van der Waals surface area contributed by atoms with E-state index in [0.29, 0.717) is 6.04 Å². The quantitative estimate of drug-likeness (QED) is 0.354. The van der Waals surface area contributed by atoms with Crippen LogP contribution in [0.3, 0.4) is 0 Å². The van der Waals surface area contributed by atoms with Crippen LogP contribution in [0.4, 0.5) is 8.78 Å². The lowest BCUT2D eigenvalue weighted by molar-refractivity contribution is 0.261. The summed E-state index contributed by atoms with van der Waals surface area (Å²) in [4.78, 5) is 2.39. The Hall–Kier alpha value is -2.17. The molecule has 0 radical (unpaired) electrons. The second-order valence-electron chi connectivity index (χ2n) is 7.71.